The lowest BCUT2D eigenvalue weighted by molar-refractivity contribution is 1.13. The topological polar surface area (TPSA) is 23.5 Å². The molecule has 0 aliphatic heterocycles. The van der Waals surface area contributed by atoms with Crippen LogP contribution in [0.2, 0.25) is 0 Å². The maximum absolute atomic E-state index is 8.26. The molecular formula is C50H29N5. The van der Waals surface area contributed by atoms with E-state index in [0.717, 1.165) is 72.1 Å². The van der Waals surface area contributed by atoms with Crippen LogP contribution in [0.5, 0.6) is 0 Å². The van der Waals surface area contributed by atoms with Gasteiger partial charge in [0, 0.05) is 43.4 Å². The van der Waals surface area contributed by atoms with Crippen molar-refractivity contribution in [2.75, 3.05) is 0 Å². The lowest BCUT2D eigenvalue weighted by Gasteiger charge is -2.18. The van der Waals surface area contributed by atoms with E-state index in [1.54, 1.807) is 0 Å². The molecule has 0 atom stereocenters. The zero-order valence-electron chi connectivity index (χ0n) is 29.5. The van der Waals surface area contributed by atoms with Crippen LogP contribution >= 0.6 is 0 Å². The van der Waals surface area contributed by atoms with Crippen molar-refractivity contribution < 1.29 is 0 Å². The van der Waals surface area contributed by atoms with Crippen molar-refractivity contribution in [3.05, 3.63) is 199 Å². The van der Waals surface area contributed by atoms with Crippen molar-refractivity contribution in [2.24, 2.45) is 0 Å². The van der Waals surface area contributed by atoms with Gasteiger partial charge < -0.3 is 13.7 Å². The van der Waals surface area contributed by atoms with E-state index in [0.29, 0.717) is 11.4 Å². The summed E-state index contributed by atoms with van der Waals surface area (Å²) >= 11 is 0. The van der Waals surface area contributed by atoms with Crippen LogP contribution in [0, 0.1) is 13.1 Å². The van der Waals surface area contributed by atoms with Gasteiger partial charge >= 0.3 is 0 Å². The van der Waals surface area contributed by atoms with Crippen LogP contribution in [0.25, 0.3) is 103 Å². The molecule has 0 aliphatic rings. The van der Waals surface area contributed by atoms with Crippen LogP contribution in [0.15, 0.2) is 176 Å². The normalized spacial score (nSPS) is 11.6. The maximum Gasteiger partial charge on any atom is 0.210 e. The molecule has 11 aromatic rings. The minimum absolute atomic E-state index is 0.544. The van der Waals surface area contributed by atoms with Crippen LogP contribution in [0.1, 0.15) is 0 Å². The number of rotatable bonds is 4. The number of nitrogens with zero attached hydrogens (tertiary/aromatic N) is 5. The molecule has 0 saturated heterocycles. The zero-order chi connectivity index (χ0) is 36.6. The molecule has 0 bridgehead atoms. The van der Waals surface area contributed by atoms with E-state index in [1.807, 2.05) is 36.4 Å². The Morgan fingerprint density at radius 2 is 0.855 bits per heavy atom. The summed E-state index contributed by atoms with van der Waals surface area (Å²) in [7, 11) is 0. The van der Waals surface area contributed by atoms with Gasteiger partial charge in [0.25, 0.3) is 0 Å². The molecule has 5 heteroatoms. The first-order valence-electron chi connectivity index (χ1n) is 18.3. The average Bonchev–Trinajstić information content (AvgIpc) is 3.89. The fourth-order valence-corrected chi connectivity index (χ4v) is 8.78. The molecular weight excluding hydrogens is 671 g/mol. The van der Waals surface area contributed by atoms with Gasteiger partial charge in [-0.2, -0.15) is 0 Å². The second-order valence-electron chi connectivity index (χ2n) is 13.9. The molecule has 11 rings (SSSR count). The fourth-order valence-electron chi connectivity index (χ4n) is 8.78. The third kappa shape index (κ3) is 4.39. The monoisotopic (exact) mass is 699 g/mol. The van der Waals surface area contributed by atoms with Crippen molar-refractivity contribution in [3.8, 4) is 28.2 Å². The summed E-state index contributed by atoms with van der Waals surface area (Å²) in [5, 5.41) is 6.93. The Labute approximate surface area is 316 Å². The molecule has 3 aromatic heterocycles. The molecule has 0 aliphatic carbocycles. The SMILES string of the molecule is [C-]#[N+]c1ccc2c3ccccc3n(-c3cc(-c4ccccc4-n4c5ccccc5c5cccc(-n6c7ccccc7c7ccccc76)c54)ccc3[N+]#[C-])c2c1. The first-order valence-corrected chi connectivity index (χ1v) is 18.3. The van der Waals surface area contributed by atoms with E-state index in [4.69, 9.17) is 13.1 Å². The van der Waals surface area contributed by atoms with Gasteiger partial charge in [-0.15, -0.1) is 0 Å². The van der Waals surface area contributed by atoms with Crippen molar-refractivity contribution >= 4 is 76.8 Å². The smallest absolute Gasteiger partial charge is 0.210 e. The van der Waals surface area contributed by atoms with Crippen LogP contribution in [-0.4, -0.2) is 13.7 Å². The van der Waals surface area contributed by atoms with E-state index in [1.165, 1.54) is 21.5 Å². The zero-order valence-corrected chi connectivity index (χ0v) is 29.5. The lowest BCUT2D eigenvalue weighted by atomic mass is 10.0. The summed E-state index contributed by atoms with van der Waals surface area (Å²) in [5.74, 6) is 0. The average molecular weight is 700 g/mol. The summed E-state index contributed by atoms with van der Waals surface area (Å²) in [6.45, 7) is 16.0. The summed E-state index contributed by atoms with van der Waals surface area (Å²) in [5.41, 5.74) is 12.5. The first kappa shape index (κ1) is 30.7. The van der Waals surface area contributed by atoms with Gasteiger partial charge in [0.15, 0.2) is 5.69 Å². The van der Waals surface area contributed by atoms with E-state index in [-0.39, 0.29) is 0 Å². The van der Waals surface area contributed by atoms with Gasteiger partial charge in [0.2, 0.25) is 5.69 Å². The Bertz CT molecular complexity index is 3420. The summed E-state index contributed by atoms with van der Waals surface area (Å²) < 4.78 is 6.98. The third-order valence-electron chi connectivity index (χ3n) is 11.1. The van der Waals surface area contributed by atoms with Crippen LogP contribution in [-0.2, 0) is 0 Å². The molecule has 5 nitrogen and oxygen atoms in total. The number of hydrogen-bond donors (Lipinski definition) is 0. The van der Waals surface area contributed by atoms with Crippen LogP contribution in [0.3, 0.4) is 0 Å². The van der Waals surface area contributed by atoms with E-state index >= 15 is 0 Å². The summed E-state index contributed by atoms with van der Waals surface area (Å²) in [4.78, 5) is 7.78. The number of para-hydroxylation sites is 6. The summed E-state index contributed by atoms with van der Waals surface area (Å²) in [6.07, 6.45) is 0. The van der Waals surface area contributed by atoms with Gasteiger partial charge in [-0.1, -0.05) is 127 Å². The molecule has 0 N–H and O–H groups in total. The highest BCUT2D eigenvalue weighted by Crippen LogP contribution is 2.43. The summed E-state index contributed by atoms with van der Waals surface area (Å²) in [6, 6.07) is 61.4. The molecule has 0 amide bonds. The number of hydrogen-bond acceptors (Lipinski definition) is 0. The van der Waals surface area contributed by atoms with E-state index in [9.17, 15) is 0 Å². The Balaban J connectivity index is 1.22. The van der Waals surface area contributed by atoms with Gasteiger partial charge in [-0.05, 0) is 54.1 Å². The molecule has 55 heavy (non-hydrogen) atoms. The molecule has 0 saturated carbocycles. The predicted molar refractivity (Wildman–Crippen MR) is 227 cm³/mol. The Morgan fingerprint density at radius 3 is 1.49 bits per heavy atom. The molecule has 0 unspecified atom stereocenters. The number of benzene rings is 8. The Morgan fingerprint density at radius 1 is 0.345 bits per heavy atom. The van der Waals surface area contributed by atoms with E-state index < -0.39 is 0 Å². The molecule has 254 valence electrons. The molecule has 0 spiro atoms. The first-order chi connectivity index (χ1) is 27.2. The largest absolute Gasteiger partial charge is 0.320 e. The highest BCUT2D eigenvalue weighted by atomic mass is 15.1. The molecule has 8 aromatic carbocycles. The van der Waals surface area contributed by atoms with Crippen molar-refractivity contribution in [1.82, 2.24) is 13.7 Å². The lowest BCUT2D eigenvalue weighted by Crippen LogP contribution is -2.02. The second-order valence-corrected chi connectivity index (χ2v) is 13.9. The standard InChI is InChI=1S/C50H29N5/c1-51-33-27-28-39-37-17-6-11-23-45(37)54(48(39)31-33)49-30-32(26-29-41(49)52-2)34-14-3-8-20-42(34)55-46-24-12-7-18-38(46)40-19-13-25-47(50(40)55)53-43-21-9-4-15-35(43)36-16-5-10-22-44(36)53/h3-31H. The Hall–Kier alpha value is -7.86. The Kier molecular flexibility index (Phi) is 6.61. The predicted octanol–water partition coefficient (Wildman–Crippen LogP) is 13.7. The highest BCUT2D eigenvalue weighted by Gasteiger charge is 2.22. The fraction of sp³-hybridized carbons (Fsp3) is 0. The van der Waals surface area contributed by atoms with Crippen LogP contribution in [0.4, 0.5) is 11.4 Å². The quantitative estimate of drug-likeness (QED) is 0.163. The minimum Gasteiger partial charge on any atom is -0.320 e. The maximum atomic E-state index is 8.26. The van der Waals surface area contributed by atoms with Gasteiger partial charge in [0.1, 0.15) is 0 Å². The molecule has 0 fully saturated rings. The van der Waals surface area contributed by atoms with E-state index in [2.05, 4.69) is 163 Å². The number of aromatic nitrogens is 3. The minimum atomic E-state index is 0.544. The third-order valence-corrected chi connectivity index (χ3v) is 11.1. The highest BCUT2D eigenvalue weighted by molar-refractivity contribution is 6.15. The molecule has 0 radical (unpaired) electrons. The molecule has 3 heterocycles. The van der Waals surface area contributed by atoms with Crippen molar-refractivity contribution in [2.45, 2.75) is 0 Å². The van der Waals surface area contributed by atoms with Crippen molar-refractivity contribution in [1.29, 1.82) is 0 Å². The second kappa shape index (κ2) is 11.8. The van der Waals surface area contributed by atoms with Crippen molar-refractivity contribution in [3.63, 3.8) is 0 Å². The van der Waals surface area contributed by atoms with Gasteiger partial charge in [-0.3, -0.25) is 0 Å². The number of fused-ring (bicyclic) bond motifs is 9. The van der Waals surface area contributed by atoms with Gasteiger partial charge in [0.05, 0.1) is 57.8 Å². The van der Waals surface area contributed by atoms with Gasteiger partial charge in [-0.25, -0.2) is 9.69 Å². The van der Waals surface area contributed by atoms with Crippen LogP contribution < -0.4 is 0 Å².